The Kier molecular flexibility index (Phi) is 8.11. The van der Waals surface area contributed by atoms with Crippen molar-refractivity contribution < 1.29 is 32.3 Å². The van der Waals surface area contributed by atoms with Crippen molar-refractivity contribution in [2.45, 2.75) is 11.8 Å². The molecule has 0 spiro atoms. The molecule has 0 saturated heterocycles. The van der Waals surface area contributed by atoms with Crippen LogP contribution in [0.1, 0.15) is 0 Å². The first-order chi connectivity index (χ1) is 10.4. The number of carbonyl (C=O) groups is 2. The Bertz CT molecular complexity index is 566. The highest BCUT2D eigenvalue weighted by atomic mass is 35.5. The van der Waals surface area contributed by atoms with Crippen LogP contribution in [0.4, 0.5) is 28.9 Å². The molecule has 5 nitrogen and oxygen atoms in total. The van der Waals surface area contributed by atoms with Gasteiger partial charge in [0.25, 0.3) is 11.5 Å². The lowest BCUT2D eigenvalue weighted by Crippen LogP contribution is -2.21. The van der Waals surface area contributed by atoms with Gasteiger partial charge in [0.2, 0.25) is 0 Å². The minimum atomic E-state index is -5.08. The summed E-state index contributed by atoms with van der Waals surface area (Å²) in [6.45, 7) is 0. The standard InChI is InChI=1S/C10H11Cl2FN2O.C2HF3O2/c1-15(2)8-4-3-6(5-7(8)11)14-10(16)9(12)13;3-2(4,5)1(6)7/h3-5,9H,1-2H3,(H,14,16);(H,6,7). The van der Waals surface area contributed by atoms with Gasteiger partial charge >= 0.3 is 12.1 Å². The number of anilines is 2. The number of hydrogen-bond acceptors (Lipinski definition) is 3. The molecule has 1 unspecified atom stereocenters. The van der Waals surface area contributed by atoms with Crippen LogP contribution in [0.15, 0.2) is 18.2 Å². The lowest BCUT2D eigenvalue weighted by molar-refractivity contribution is -0.192. The molecular weight excluding hydrogens is 367 g/mol. The van der Waals surface area contributed by atoms with E-state index in [0.29, 0.717) is 10.7 Å². The summed E-state index contributed by atoms with van der Waals surface area (Å²) < 4.78 is 44.1. The van der Waals surface area contributed by atoms with Crippen molar-refractivity contribution in [1.82, 2.24) is 0 Å². The normalized spacial score (nSPS) is 11.8. The van der Waals surface area contributed by atoms with Crippen LogP contribution in [0.3, 0.4) is 0 Å². The Morgan fingerprint density at radius 3 is 2.09 bits per heavy atom. The quantitative estimate of drug-likeness (QED) is 0.623. The van der Waals surface area contributed by atoms with Gasteiger partial charge in [-0.3, -0.25) is 4.79 Å². The third kappa shape index (κ3) is 7.89. The van der Waals surface area contributed by atoms with Gasteiger partial charge in [-0.2, -0.15) is 13.2 Å². The second kappa shape index (κ2) is 8.78. The van der Waals surface area contributed by atoms with Gasteiger partial charge in [0.15, 0.2) is 0 Å². The fraction of sp³-hybridized carbons (Fsp3) is 0.333. The van der Waals surface area contributed by atoms with E-state index < -0.39 is 23.7 Å². The number of halogens is 6. The summed E-state index contributed by atoms with van der Waals surface area (Å²) in [5.41, 5.74) is -0.849. The van der Waals surface area contributed by atoms with Crippen molar-refractivity contribution >= 4 is 46.5 Å². The molecule has 0 aromatic heterocycles. The van der Waals surface area contributed by atoms with Crippen LogP contribution in [0.25, 0.3) is 0 Å². The molecule has 1 rings (SSSR count). The smallest absolute Gasteiger partial charge is 0.475 e. The topological polar surface area (TPSA) is 69.6 Å². The molecule has 0 saturated carbocycles. The molecule has 0 fully saturated rings. The van der Waals surface area contributed by atoms with E-state index in [1.165, 1.54) is 6.07 Å². The summed E-state index contributed by atoms with van der Waals surface area (Å²) in [5, 5.41) is 9.89. The number of amides is 1. The fourth-order valence-corrected chi connectivity index (χ4v) is 1.55. The van der Waals surface area contributed by atoms with Gasteiger partial charge in [-0.1, -0.05) is 23.2 Å². The molecule has 11 heteroatoms. The van der Waals surface area contributed by atoms with Crippen LogP contribution in [0.2, 0.25) is 5.02 Å². The minimum Gasteiger partial charge on any atom is -0.475 e. The first-order valence-electron chi connectivity index (χ1n) is 5.72. The molecule has 2 N–H and O–H groups in total. The second-order valence-electron chi connectivity index (χ2n) is 4.15. The van der Waals surface area contributed by atoms with Gasteiger partial charge in [-0.25, -0.2) is 9.18 Å². The lowest BCUT2D eigenvalue weighted by atomic mass is 10.2. The average Bonchev–Trinajstić information content (AvgIpc) is 2.37. The van der Waals surface area contributed by atoms with Crippen LogP contribution >= 0.6 is 23.2 Å². The number of nitrogens with zero attached hydrogens (tertiary/aromatic N) is 1. The molecular formula is C12H12Cl2F4N2O3. The first kappa shape index (κ1) is 21.3. The van der Waals surface area contributed by atoms with Crippen LogP contribution in [-0.4, -0.2) is 42.9 Å². The third-order valence-corrected chi connectivity index (χ3v) is 2.64. The second-order valence-corrected chi connectivity index (χ2v) is 4.94. The predicted molar refractivity (Wildman–Crippen MR) is 78.8 cm³/mol. The summed E-state index contributed by atoms with van der Waals surface area (Å²) in [6, 6.07) is 4.88. The molecule has 1 amide bonds. The highest BCUT2D eigenvalue weighted by Crippen LogP contribution is 2.27. The highest BCUT2D eigenvalue weighted by Gasteiger charge is 2.38. The third-order valence-electron chi connectivity index (χ3n) is 2.14. The van der Waals surface area contributed by atoms with Gasteiger partial charge in [0, 0.05) is 19.8 Å². The molecule has 0 bridgehead atoms. The molecule has 1 aromatic rings. The van der Waals surface area contributed by atoms with Crippen molar-refractivity contribution in [2.75, 3.05) is 24.3 Å². The molecule has 0 aliphatic heterocycles. The zero-order valence-corrected chi connectivity index (χ0v) is 13.3. The number of aliphatic carboxylic acids is 1. The molecule has 0 aliphatic rings. The summed E-state index contributed by atoms with van der Waals surface area (Å²) >= 11 is 10.9. The van der Waals surface area contributed by atoms with Crippen molar-refractivity contribution in [2.24, 2.45) is 0 Å². The zero-order valence-electron chi connectivity index (χ0n) is 11.8. The SMILES string of the molecule is CN(C)c1ccc(NC(=O)C(F)Cl)cc1Cl.O=C(O)C(F)(F)F. The van der Waals surface area contributed by atoms with Crippen LogP contribution in [0.5, 0.6) is 0 Å². The molecule has 23 heavy (non-hydrogen) atoms. The number of nitrogens with one attached hydrogen (secondary N) is 1. The maximum Gasteiger partial charge on any atom is 0.490 e. The van der Waals surface area contributed by atoms with Gasteiger partial charge in [0.1, 0.15) is 0 Å². The Labute approximate surface area is 138 Å². The molecule has 0 aliphatic carbocycles. The Morgan fingerprint density at radius 1 is 1.30 bits per heavy atom. The van der Waals surface area contributed by atoms with Gasteiger partial charge < -0.3 is 15.3 Å². The van der Waals surface area contributed by atoms with E-state index in [1.54, 1.807) is 12.1 Å². The molecule has 0 radical (unpaired) electrons. The maximum absolute atomic E-state index is 12.4. The highest BCUT2D eigenvalue weighted by molar-refractivity contribution is 6.34. The van der Waals surface area contributed by atoms with Crippen molar-refractivity contribution in [3.63, 3.8) is 0 Å². The number of benzene rings is 1. The van der Waals surface area contributed by atoms with E-state index >= 15 is 0 Å². The predicted octanol–water partition coefficient (Wildman–Crippen LogP) is 3.51. The molecule has 1 aromatic carbocycles. The fourth-order valence-electron chi connectivity index (χ4n) is 1.14. The Balaban J connectivity index is 0.000000585. The largest absolute Gasteiger partial charge is 0.490 e. The monoisotopic (exact) mass is 378 g/mol. The average molecular weight is 379 g/mol. The van der Waals surface area contributed by atoms with E-state index in [2.05, 4.69) is 5.32 Å². The van der Waals surface area contributed by atoms with Crippen molar-refractivity contribution in [3.8, 4) is 0 Å². The Morgan fingerprint density at radius 2 is 1.78 bits per heavy atom. The number of alkyl halides is 5. The lowest BCUT2D eigenvalue weighted by Gasteiger charge is -2.15. The van der Waals surface area contributed by atoms with Gasteiger partial charge in [0.05, 0.1) is 10.7 Å². The summed E-state index contributed by atoms with van der Waals surface area (Å²) in [4.78, 5) is 21.7. The molecule has 130 valence electrons. The first-order valence-corrected chi connectivity index (χ1v) is 6.53. The van der Waals surface area contributed by atoms with E-state index in [9.17, 15) is 22.4 Å². The number of hydrogen-bond donors (Lipinski definition) is 2. The van der Waals surface area contributed by atoms with E-state index in [0.717, 1.165) is 5.69 Å². The Hall–Kier alpha value is -1.74. The summed E-state index contributed by atoms with van der Waals surface area (Å²) in [7, 11) is 3.69. The number of carboxylic acids is 1. The maximum atomic E-state index is 12.4. The van der Waals surface area contributed by atoms with Crippen LogP contribution < -0.4 is 10.2 Å². The number of carbonyl (C=O) groups excluding carboxylic acids is 1. The molecule has 1 atom stereocenters. The summed E-state index contributed by atoms with van der Waals surface area (Å²) in [6.07, 6.45) is -5.08. The summed E-state index contributed by atoms with van der Waals surface area (Å²) in [5.74, 6) is -3.66. The van der Waals surface area contributed by atoms with E-state index in [-0.39, 0.29) is 0 Å². The van der Waals surface area contributed by atoms with E-state index in [4.69, 9.17) is 33.1 Å². The van der Waals surface area contributed by atoms with Crippen LogP contribution in [-0.2, 0) is 9.59 Å². The van der Waals surface area contributed by atoms with Crippen molar-refractivity contribution in [3.05, 3.63) is 23.2 Å². The van der Waals surface area contributed by atoms with Crippen LogP contribution in [0, 0.1) is 0 Å². The van der Waals surface area contributed by atoms with E-state index in [1.807, 2.05) is 19.0 Å². The van der Waals surface area contributed by atoms with Gasteiger partial charge in [-0.05, 0) is 18.2 Å². The number of carboxylic acid groups (broad SMARTS) is 1. The zero-order chi connectivity index (χ0) is 18.4. The number of rotatable bonds is 3. The van der Waals surface area contributed by atoms with Crippen molar-refractivity contribution in [1.29, 1.82) is 0 Å². The van der Waals surface area contributed by atoms with Gasteiger partial charge in [-0.15, -0.1) is 0 Å². The minimum absolute atomic E-state index is 0.406. The molecule has 0 heterocycles.